The standard InChI is InChI=1S/C25H39N3O4S/c1-6-13-33(31,32)27-16-22(29)28(23-19(3)14-18(2)15-20(23)4)25(5,17-27)24(30)26-21-11-9-7-8-10-12-21/h14-15,21H,6-13,16-17H2,1-5H3,(H,26,30). The Hall–Kier alpha value is -1.93. The van der Waals surface area contributed by atoms with Gasteiger partial charge in [-0.05, 0) is 58.1 Å². The molecule has 1 N–H and O–H groups in total. The molecule has 2 amide bonds. The third-order valence-electron chi connectivity index (χ3n) is 6.93. The molecule has 0 bridgehead atoms. The van der Waals surface area contributed by atoms with Crippen molar-refractivity contribution in [1.29, 1.82) is 0 Å². The van der Waals surface area contributed by atoms with Crippen LogP contribution in [0.4, 0.5) is 5.69 Å². The molecular formula is C25H39N3O4S. The predicted molar refractivity (Wildman–Crippen MR) is 132 cm³/mol. The lowest BCUT2D eigenvalue weighted by molar-refractivity contribution is -0.133. The largest absolute Gasteiger partial charge is 0.351 e. The number of nitrogens with one attached hydrogen (secondary N) is 1. The number of sulfonamides is 1. The number of nitrogens with zero attached hydrogens (tertiary/aromatic N) is 2. The minimum Gasteiger partial charge on any atom is -0.351 e. The summed E-state index contributed by atoms with van der Waals surface area (Å²) in [4.78, 5) is 28.9. The van der Waals surface area contributed by atoms with Gasteiger partial charge in [0.2, 0.25) is 21.8 Å². The Bertz CT molecular complexity index is 976. The quantitative estimate of drug-likeness (QED) is 0.634. The maximum absolute atomic E-state index is 13.8. The van der Waals surface area contributed by atoms with Gasteiger partial charge in [-0.25, -0.2) is 8.42 Å². The second kappa shape index (κ2) is 10.1. The Morgan fingerprint density at radius 3 is 2.21 bits per heavy atom. The van der Waals surface area contributed by atoms with E-state index in [0.717, 1.165) is 42.4 Å². The fourth-order valence-corrected chi connectivity index (χ4v) is 6.91. The summed E-state index contributed by atoms with van der Waals surface area (Å²) in [5.74, 6) is -0.684. The summed E-state index contributed by atoms with van der Waals surface area (Å²) in [6.45, 7) is 9.08. The van der Waals surface area contributed by atoms with Gasteiger partial charge in [0.15, 0.2) is 0 Å². The lowest BCUT2D eigenvalue weighted by atomic mass is 9.91. The van der Waals surface area contributed by atoms with Gasteiger partial charge in [-0.15, -0.1) is 0 Å². The smallest absolute Gasteiger partial charge is 0.247 e. The third-order valence-corrected chi connectivity index (χ3v) is 8.90. The van der Waals surface area contributed by atoms with Crippen LogP contribution < -0.4 is 10.2 Å². The van der Waals surface area contributed by atoms with Crippen LogP contribution in [0.5, 0.6) is 0 Å². The molecular weight excluding hydrogens is 438 g/mol. The normalized spacial score (nSPS) is 23.4. The Kier molecular flexibility index (Phi) is 7.89. The number of hydrogen-bond donors (Lipinski definition) is 1. The number of aryl methyl sites for hydroxylation is 3. The highest BCUT2D eigenvalue weighted by atomic mass is 32.2. The van der Waals surface area contributed by atoms with E-state index in [-0.39, 0.29) is 36.7 Å². The Balaban J connectivity index is 2.05. The lowest BCUT2D eigenvalue weighted by Crippen LogP contribution is -2.71. The van der Waals surface area contributed by atoms with Gasteiger partial charge in [-0.3, -0.25) is 14.5 Å². The fourth-order valence-electron chi connectivity index (χ4n) is 5.39. The van der Waals surface area contributed by atoms with Crippen molar-refractivity contribution in [2.24, 2.45) is 0 Å². The molecule has 33 heavy (non-hydrogen) atoms. The number of rotatable bonds is 6. The number of amides is 2. The fraction of sp³-hybridized carbons (Fsp3) is 0.680. The number of benzene rings is 1. The summed E-state index contributed by atoms with van der Waals surface area (Å²) in [6, 6.07) is 4.05. The molecule has 0 radical (unpaired) electrons. The van der Waals surface area contributed by atoms with Crippen LogP contribution in [0.15, 0.2) is 12.1 Å². The van der Waals surface area contributed by atoms with Gasteiger partial charge >= 0.3 is 0 Å². The van der Waals surface area contributed by atoms with Gasteiger partial charge in [0.25, 0.3) is 0 Å². The first kappa shape index (κ1) is 25.7. The molecule has 1 saturated carbocycles. The Morgan fingerprint density at radius 2 is 1.67 bits per heavy atom. The van der Waals surface area contributed by atoms with Crippen molar-refractivity contribution >= 4 is 27.5 Å². The van der Waals surface area contributed by atoms with Crippen LogP contribution in [0.1, 0.15) is 75.5 Å². The minimum absolute atomic E-state index is 0.0385. The highest BCUT2D eigenvalue weighted by Crippen LogP contribution is 2.36. The van der Waals surface area contributed by atoms with Crippen molar-refractivity contribution in [2.45, 2.75) is 91.1 Å². The van der Waals surface area contributed by atoms with E-state index in [9.17, 15) is 18.0 Å². The Labute approximate surface area is 199 Å². The molecule has 2 fully saturated rings. The molecule has 1 aromatic carbocycles. The minimum atomic E-state index is -3.64. The van der Waals surface area contributed by atoms with Crippen molar-refractivity contribution in [2.75, 3.05) is 23.7 Å². The molecule has 1 atom stereocenters. The number of carbonyl (C=O) groups is 2. The maximum Gasteiger partial charge on any atom is 0.247 e. The van der Waals surface area contributed by atoms with Crippen molar-refractivity contribution in [3.63, 3.8) is 0 Å². The lowest BCUT2D eigenvalue weighted by Gasteiger charge is -2.48. The molecule has 3 rings (SSSR count). The van der Waals surface area contributed by atoms with E-state index < -0.39 is 15.6 Å². The van der Waals surface area contributed by atoms with E-state index in [4.69, 9.17) is 0 Å². The molecule has 1 aliphatic carbocycles. The second-order valence-corrected chi connectivity index (χ2v) is 12.1. The summed E-state index contributed by atoms with van der Waals surface area (Å²) in [7, 11) is -3.64. The molecule has 184 valence electrons. The van der Waals surface area contributed by atoms with Crippen LogP contribution in [0, 0.1) is 20.8 Å². The van der Waals surface area contributed by atoms with E-state index in [0.29, 0.717) is 12.1 Å². The van der Waals surface area contributed by atoms with E-state index in [1.165, 1.54) is 17.1 Å². The van der Waals surface area contributed by atoms with Gasteiger partial charge in [0.1, 0.15) is 5.54 Å². The summed E-state index contributed by atoms with van der Waals surface area (Å²) in [6.07, 6.45) is 6.75. The molecule has 1 aromatic rings. The van der Waals surface area contributed by atoms with Crippen LogP contribution in [-0.2, 0) is 19.6 Å². The molecule has 8 heteroatoms. The van der Waals surface area contributed by atoms with Crippen molar-refractivity contribution < 1.29 is 18.0 Å². The van der Waals surface area contributed by atoms with Gasteiger partial charge in [-0.2, -0.15) is 4.31 Å². The molecule has 0 aromatic heterocycles. The average molecular weight is 478 g/mol. The topological polar surface area (TPSA) is 86.8 Å². The van der Waals surface area contributed by atoms with E-state index >= 15 is 0 Å². The number of carbonyl (C=O) groups excluding carboxylic acids is 2. The summed E-state index contributed by atoms with van der Waals surface area (Å²) in [5, 5.41) is 3.19. The zero-order valence-corrected chi connectivity index (χ0v) is 21.6. The predicted octanol–water partition coefficient (Wildman–Crippen LogP) is 3.60. The summed E-state index contributed by atoms with van der Waals surface area (Å²) >= 11 is 0. The Morgan fingerprint density at radius 1 is 1.09 bits per heavy atom. The second-order valence-electron chi connectivity index (χ2n) is 10.00. The van der Waals surface area contributed by atoms with Crippen LogP contribution in [0.25, 0.3) is 0 Å². The van der Waals surface area contributed by atoms with E-state index in [2.05, 4.69) is 5.32 Å². The first-order valence-corrected chi connectivity index (χ1v) is 13.8. The SMILES string of the molecule is CCCS(=O)(=O)N1CC(=O)N(c2c(C)cc(C)cc2C)C(C)(C(=O)NC2CCCCCC2)C1. The molecule has 2 aliphatic rings. The maximum atomic E-state index is 13.8. The van der Waals surface area contributed by atoms with Gasteiger partial charge < -0.3 is 5.32 Å². The van der Waals surface area contributed by atoms with Crippen molar-refractivity contribution in [3.8, 4) is 0 Å². The molecule has 1 heterocycles. The monoisotopic (exact) mass is 477 g/mol. The van der Waals surface area contributed by atoms with Crippen LogP contribution in [0.2, 0.25) is 0 Å². The summed E-state index contributed by atoms with van der Waals surface area (Å²) in [5.41, 5.74) is 2.25. The van der Waals surface area contributed by atoms with E-state index in [1.54, 1.807) is 18.7 Å². The number of anilines is 1. The van der Waals surface area contributed by atoms with Crippen molar-refractivity contribution in [1.82, 2.24) is 9.62 Å². The van der Waals surface area contributed by atoms with E-state index in [1.807, 2.05) is 32.9 Å². The van der Waals surface area contributed by atoms with Crippen LogP contribution in [-0.4, -0.2) is 55.0 Å². The molecule has 7 nitrogen and oxygen atoms in total. The van der Waals surface area contributed by atoms with Gasteiger partial charge in [0.05, 0.1) is 18.0 Å². The molecule has 1 saturated heterocycles. The first-order valence-electron chi connectivity index (χ1n) is 12.2. The molecule has 1 unspecified atom stereocenters. The van der Waals surface area contributed by atoms with Crippen molar-refractivity contribution in [3.05, 3.63) is 28.8 Å². The summed E-state index contributed by atoms with van der Waals surface area (Å²) < 4.78 is 27.1. The van der Waals surface area contributed by atoms with Gasteiger partial charge in [0, 0.05) is 12.6 Å². The highest BCUT2D eigenvalue weighted by molar-refractivity contribution is 7.89. The number of piperazine rings is 1. The average Bonchev–Trinajstić information content (AvgIpc) is 2.97. The first-order chi connectivity index (χ1) is 15.5. The molecule has 0 spiro atoms. The zero-order chi connectivity index (χ0) is 24.4. The zero-order valence-electron chi connectivity index (χ0n) is 20.7. The highest BCUT2D eigenvalue weighted by Gasteiger charge is 2.51. The molecule has 1 aliphatic heterocycles. The number of hydrogen-bond acceptors (Lipinski definition) is 4. The third kappa shape index (κ3) is 5.43. The van der Waals surface area contributed by atoms with Crippen LogP contribution >= 0.6 is 0 Å². The van der Waals surface area contributed by atoms with Gasteiger partial charge in [-0.1, -0.05) is 50.3 Å². The van der Waals surface area contributed by atoms with Crippen LogP contribution in [0.3, 0.4) is 0 Å².